The summed E-state index contributed by atoms with van der Waals surface area (Å²) in [5, 5.41) is 3.08. The molecule has 2 aliphatic rings. The van der Waals surface area contributed by atoms with Gasteiger partial charge < -0.3 is 10.3 Å². The van der Waals surface area contributed by atoms with Crippen LogP contribution in [0.15, 0.2) is 36.8 Å². The third-order valence-electron chi connectivity index (χ3n) is 6.00. The van der Waals surface area contributed by atoms with Crippen LogP contribution in [-0.2, 0) is 17.9 Å². The van der Waals surface area contributed by atoms with Crippen LogP contribution in [0.4, 0.5) is 0 Å². The van der Waals surface area contributed by atoms with Crippen LogP contribution < -0.4 is 5.32 Å². The van der Waals surface area contributed by atoms with Crippen molar-refractivity contribution >= 4 is 5.91 Å². The third kappa shape index (κ3) is 4.97. The molecule has 0 spiro atoms. The fourth-order valence-electron chi connectivity index (χ4n) is 4.42. The molecule has 0 bridgehead atoms. The van der Waals surface area contributed by atoms with Gasteiger partial charge in [0.1, 0.15) is 5.82 Å². The number of rotatable bonds is 6. The van der Waals surface area contributed by atoms with Crippen molar-refractivity contribution in [3.63, 3.8) is 0 Å². The second-order valence-electron chi connectivity index (χ2n) is 7.92. The maximum Gasteiger partial charge on any atom is 0.224 e. The van der Waals surface area contributed by atoms with Crippen LogP contribution in [0.5, 0.6) is 0 Å². The number of nitrogens with zero attached hydrogens (tertiary/aromatic N) is 4. The number of hydrogen-bond donors (Lipinski definition) is 2. The Morgan fingerprint density at radius 1 is 1.14 bits per heavy atom. The first-order valence-corrected chi connectivity index (χ1v) is 10.4. The van der Waals surface area contributed by atoms with E-state index in [1.807, 2.05) is 30.6 Å². The van der Waals surface area contributed by atoms with Gasteiger partial charge in [0.05, 0.1) is 24.7 Å². The molecule has 7 heteroatoms. The van der Waals surface area contributed by atoms with E-state index < -0.39 is 0 Å². The zero-order chi connectivity index (χ0) is 19.2. The maximum absolute atomic E-state index is 12.6. The van der Waals surface area contributed by atoms with Gasteiger partial charge in [-0.1, -0.05) is 6.07 Å². The molecule has 2 aromatic rings. The van der Waals surface area contributed by atoms with Crippen LogP contribution in [0.1, 0.15) is 37.2 Å². The van der Waals surface area contributed by atoms with Crippen LogP contribution in [0.2, 0.25) is 0 Å². The van der Waals surface area contributed by atoms with E-state index in [1.54, 1.807) is 6.20 Å². The molecular weight excluding hydrogens is 352 g/mol. The SMILES string of the molecule is O=C(NCc1ccccn1)C1CCCN(C2CCN(Cc3ncc[nH]3)CC2)C1. The summed E-state index contributed by atoms with van der Waals surface area (Å²) in [6.07, 6.45) is 9.90. The second-order valence-corrected chi connectivity index (χ2v) is 7.92. The van der Waals surface area contributed by atoms with Gasteiger partial charge in [-0.15, -0.1) is 0 Å². The Labute approximate surface area is 166 Å². The van der Waals surface area contributed by atoms with Crippen molar-refractivity contribution in [2.75, 3.05) is 26.2 Å². The van der Waals surface area contributed by atoms with Crippen molar-refractivity contribution in [2.45, 2.75) is 44.8 Å². The molecule has 0 aromatic carbocycles. The zero-order valence-corrected chi connectivity index (χ0v) is 16.4. The number of likely N-dealkylation sites (tertiary alicyclic amines) is 2. The number of aromatic amines is 1. The van der Waals surface area contributed by atoms with E-state index in [2.05, 4.69) is 30.1 Å². The van der Waals surface area contributed by atoms with E-state index in [0.29, 0.717) is 12.6 Å². The first kappa shape index (κ1) is 19.1. The Bertz CT molecular complexity index is 727. The van der Waals surface area contributed by atoms with E-state index in [0.717, 1.165) is 57.1 Å². The van der Waals surface area contributed by atoms with Gasteiger partial charge in [-0.2, -0.15) is 0 Å². The van der Waals surface area contributed by atoms with Crippen molar-refractivity contribution < 1.29 is 4.79 Å². The molecule has 2 aromatic heterocycles. The summed E-state index contributed by atoms with van der Waals surface area (Å²) >= 11 is 0. The molecule has 150 valence electrons. The van der Waals surface area contributed by atoms with Gasteiger partial charge in [0, 0.05) is 44.3 Å². The molecule has 2 fully saturated rings. The predicted molar refractivity (Wildman–Crippen MR) is 107 cm³/mol. The Morgan fingerprint density at radius 3 is 2.79 bits per heavy atom. The number of carbonyl (C=O) groups excluding carboxylic acids is 1. The highest BCUT2D eigenvalue weighted by Gasteiger charge is 2.31. The molecule has 1 atom stereocenters. The lowest BCUT2D eigenvalue weighted by molar-refractivity contribution is -0.127. The zero-order valence-electron chi connectivity index (χ0n) is 16.4. The number of carbonyl (C=O) groups is 1. The summed E-state index contributed by atoms with van der Waals surface area (Å²) in [7, 11) is 0. The Morgan fingerprint density at radius 2 is 2.04 bits per heavy atom. The lowest BCUT2D eigenvalue weighted by Crippen LogP contribution is -2.50. The van der Waals surface area contributed by atoms with Gasteiger partial charge in [0.25, 0.3) is 0 Å². The first-order chi connectivity index (χ1) is 13.8. The average Bonchev–Trinajstić information content (AvgIpc) is 3.26. The lowest BCUT2D eigenvalue weighted by Gasteiger charge is -2.41. The number of nitrogens with one attached hydrogen (secondary N) is 2. The molecular formula is C21H30N6O. The summed E-state index contributed by atoms with van der Waals surface area (Å²) in [5.41, 5.74) is 0.910. The van der Waals surface area contributed by atoms with Crippen molar-refractivity contribution in [1.82, 2.24) is 30.1 Å². The van der Waals surface area contributed by atoms with Crippen molar-refractivity contribution in [2.24, 2.45) is 5.92 Å². The molecule has 7 nitrogen and oxygen atoms in total. The fourth-order valence-corrected chi connectivity index (χ4v) is 4.42. The minimum atomic E-state index is 0.0959. The van der Waals surface area contributed by atoms with Crippen LogP contribution in [0.3, 0.4) is 0 Å². The molecule has 28 heavy (non-hydrogen) atoms. The van der Waals surface area contributed by atoms with E-state index in [4.69, 9.17) is 0 Å². The average molecular weight is 383 g/mol. The topological polar surface area (TPSA) is 77.2 Å². The molecule has 2 saturated heterocycles. The highest BCUT2D eigenvalue weighted by molar-refractivity contribution is 5.78. The standard InChI is InChI=1S/C21H30N6O/c28-21(25-14-18-5-1-2-8-22-18)17-4-3-11-27(15-17)19-6-12-26(13-7-19)16-20-23-9-10-24-20/h1-2,5,8-10,17,19H,3-4,6-7,11-16H2,(H,23,24)(H,25,28). The van der Waals surface area contributed by atoms with Gasteiger partial charge in [0.2, 0.25) is 5.91 Å². The quantitative estimate of drug-likeness (QED) is 0.797. The molecule has 0 aliphatic carbocycles. The number of piperidine rings is 2. The van der Waals surface area contributed by atoms with Crippen molar-refractivity contribution in [3.05, 3.63) is 48.3 Å². The molecule has 2 aliphatic heterocycles. The summed E-state index contributed by atoms with van der Waals surface area (Å²) in [4.78, 5) is 29.5. The Hall–Kier alpha value is -2.25. The molecule has 1 unspecified atom stereocenters. The number of imidazole rings is 1. The summed E-state index contributed by atoms with van der Waals surface area (Å²) in [5.74, 6) is 1.31. The second kappa shape index (κ2) is 9.30. The summed E-state index contributed by atoms with van der Waals surface area (Å²) in [6, 6.07) is 6.39. The summed E-state index contributed by atoms with van der Waals surface area (Å²) < 4.78 is 0. The molecule has 0 saturated carbocycles. The Kier molecular flexibility index (Phi) is 6.34. The normalized spacial score (nSPS) is 22.2. The number of amides is 1. The van der Waals surface area contributed by atoms with E-state index in [9.17, 15) is 4.79 Å². The smallest absolute Gasteiger partial charge is 0.224 e. The van der Waals surface area contributed by atoms with E-state index >= 15 is 0 Å². The van der Waals surface area contributed by atoms with Gasteiger partial charge in [-0.25, -0.2) is 4.98 Å². The summed E-state index contributed by atoms with van der Waals surface area (Å²) in [6.45, 7) is 5.61. The lowest BCUT2D eigenvalue weighted by atomic mass is 9.93. The van der Waals surface area contributed by atoms with Crippen LogP contribution in [0, 0.1) is 5.92 Å². The highest BCUT2D eigenvalue weighted by Crippen LogP contribution is 2.24. The van der Waals surface area contributed by atoms with Gasteiger partial charge in [-0.05, 0) is 44.4 Å². The third-order valence-corrected chi connectivity index (χ3v) is 6.00. The highest BCUT2D eigenvalue weighted by atomic mass is 16.1. The van der Waals surface area contributed by atoms with Crippen LogP contribution in [0.25, 0.3) is 0 Å². The molecule has 2 N–H and O–H groups in total. The molecule has 0 radical (unpaired) electrons. The van der Waals surface area contributed by atoms with Gasteiger partial charge in [0.15, 0.2) is 0 Å². The first-order valence-electron chi connectivity index (χ1n) is 10.4. The molecule has 4 rings (SSSR count). The monoisotopic (exact) mass is 382 g/mol. The van der Waals surface area contributed by atoms with Gasteiger partial charge in [-0.3, -0.25) is 19.6 Å². The fraction of sp³-hybridized carbons (Fsp3) is 0.571. The Balaban J connectivity index is 1.23. The van der Waals surface area contributed by atoms with E-state index in [-0.39, 0.29) is 11.8 Å². The molecule has 1 amide bonds. The van der Waals surface area contributed by atoms with Crippen LogP contribution >= 0.6 is 0 Å². The predicted octanol–water partition coefficient (Wildman–Crippen LogP) is 1.80. The van der Waals surface area contributed by atoms with Gasteiger partial charge >= 0.3 is 0 Å². The van der Waals surface area contributed by atoms with Crippen LogP contribution in [-0.4, -0.2) is 62.9 Å². The van der Waals surface area contributed by atoms with Crippen molar-refractivity contribution in [1.29, 1.82) is 0 Å². The maximum atomic E-state index is 12.6. The number of aromatic nitrogens is 3. The minimum absolute atomic E-state index is 0.0959. The van der Waals surface area contributed by atoms with E-state index in [1.165, 1.54) is 12.8 Å². The minimum Gasteiger partial charge on any atom is -0.350 e. The largest absolute Gasteiger partial charge is 0.350 e. The molecule has 4 heterocycles. The van der Waals surface area contributed by atoms with Crippen molar-refractivity contribution in [3.8, 4) is 0 Å². The number of pyridine rings is 1. The number of H-pyrrole nitrogens is 1. The number of hydrogen-bond acceptors (Lipinski definition) is 5.